The van der Waals surface area contributed by atoms with Gasteiger partial charge in [-0.25, -0.2) is 5.84 Å². The Morgan fingerprint density at radius 1 is 1.40 bits per heavy atom. The zero-order chi connectivity index (χ0) is 14.2. The lowest BCUT2D eigenvalue weighted by Gasteiger charge is -2.25. The second kappa shape index (κ2) is 7.87. The minimum Gasteiger partial charge on any atom is -0.385 e. The molecule has 0 saturated carbocycles. The van der Waals surface area contributed by atoms with Crippen LogP contribution in [0.15, 0.2) is 29.3 Å². The maximum Gasteiger partial charge on any atom is 0.212 e. The van der Waals surface area contributed by atoms with Gasteiger partial charge in [0.2, 0.25) is 5.96 Å². The molecule has 110 valence electrons. The Hall–Kier alpha value is -1.59. The molecule has 5 nitrogen and oxygen atoms in total. The van der Waals surface area contributed by atoms with Crippen molar-refractivity contribution in [3.8, 4) is 0 Å². The Bertz CT molecular complexity index is 447. The molecule has 20 heavy (non-hydrogen) atoms. The number of para-hydroxylation sites is 1. The average molecular weight is 276 g/mol. The van der Waals surface area contributed by atoms with Gasteiger partial charge in [-0.1, -0.05) is 18.2 Å². The van der Waals surface area contributed by atoms with Gasteiger partial charge in [0.15, 0.2) is 0 Å². The van der Waals surface area contributed by atoms with Gasteiger partial charge in [0, 0.05) is 32.5 Å². The van der Waals surface area contributed by atoms with Crippen molar-refractivity contribution in [2.75, 3.05) is 31.7 Å². The third kappa shape index (κ3) is 3.71. The maximum absolute atomic E-state index is 5.67. The molecule has 1 aliphatic heterocycles. The predicted molar refractivity (Wildman–Crippen MR) is 82.8 cm³/mol. The fraction of sp³-hybridized carbons (Fsp3) is 0.533. The number of benzene rings is 1. The number of hydrazine groups is 1. The molecular formula is C15H24N4O. The van der Waals surface area contributed by atoms with Gasteiger partial charge < -0.3 is 9.64 Å². The Morgan fingerprint density at radius 3 is 3.05 bits per heavy atom. The Kier molecular flexibility index (Phi) is 5.83. The zero-order valence-corrected chi connectivity index (χ0v) is 12.1. The molecule has 0 unspecified atom stereocenters. The molecule has 0 aromatic heterocycles. The fourth-order valence-electron chi connectivity index (χ4n) is 2.51. The number of fused-ring (bicyclic) bond motifs is 1. The number of hydrogen-bond acceptors (Lipinski definition) is 3. The lowest BCUT2D eigenvalue weighted by molar-refractivity contribution is 0.197. The number of anilines is 1. The van der Waals surface area contributed by atoms with Gasteiger partial charge in [-0.2, -0.15) is 0 Å². The highest BCUT2D eigenvalue weighted by molar-refractivity contribution is 5.96. The standard InChI is InChI=1S/C15H24N4O/c1-20-12-6-10-17-15(18-16)19-11-5-4-8-13-7-2-3-9-14(13)19/h2-3,7,9H,4-6,8,10-12,16H2,1H3,(H,17,18). The second-order valence-electron chi connectivity index (χ2n) is 4.93. The first-order chi connectivity index (χ1) is 9.86. The summed E-state index contributed by atoms with van der Waals surface area (Å²) < 4.78 is 5.04. The molecule has 0 aliphatic carbocycles. The van der Waals surface area contributed by atoms with Crippen molar-refractivity contribution in [2.45, 2.75) is 25.7 Å². The van der Waals surface area contributed by atoms with Crippen LogP contribution in [0.2, 0.25) is 0 Å². The number of methoxy groups -OCH3 is 1. The molecule has 1 heterocycles. The van der Waals surface area contributed by atoms with Gasteiger partial charge in [-0.15, -0.1) is 0 Å². The van der Waals surface area contributed by atoms with Crippen LogP contribution in [0.5, 0.6) is 0 Å². The lowest BCUT2D eigenvalue weighted by Crippen LogP contribution is -2.45. The van der Waals surface area contributed by atoms with E-state index < -0.39 is 0 Å². The number of ether oxygens (including phenoxy) is 1. The minimum absolute atomic E-state index is 0.714. The number of nitrogens with zero attached hydrogens (tertiary/aromatic N) is 2. The highest BCUT2D eigenvalue weighted by atomic mass is 16.5. The van der Waals surface area contributed by atoms with Crippen LogP contribution in [0.1, 0.15) is 24.8 Å². The van der Waals surface area contributed by atoms with E-state index in [1.165, 1.54) is 17.7 Å². The fourth-order valence-corrected chi connectivity index (χ4v) is 2.51. The van der Waals surface area contributed by atoms with E-state index in [1.807, 2.05) is 0 Å². The van der Waals surface area contributed by atoms with E-state index in [2.05, 4.69) is 39.6 Å². The largest absolute Gasteiger partial charge is 0.385 e. The van der Waals surface area contributed by atoms with Crippen molar-refractivity contribution in [1.82, 2.24) is 5.43 Å². The van der Waals surface area contributed by atoms with Crippen LogP contribution in [0.25, 0.3) is 0 Å². The van der Waals surface area contributed by atoms with E-state index in [-0.39, 0.29) is 0 Å². The summed E-state index contributed by atoms with van der Waals surface area (Å²) in [4.78, 5) is 6.76. The lowest BCUT2D eigenvalue weighted by atomic mass is 10.1. The number of aliphatic imine (C=N–C) groups is 1. The van der Waals surface area contributed by atoms with Crippen LogP contribution in [0.3, 0.4) is 0 Å². The first kappa shape index (κ1) is 14.8. The molecule has 1 aliphatic rings. The summed E-state index contributed by atoms with van der Waals surface area (Å²) in [6.07, 6.45) is 4.37. The molecule has 0 amide bonds. The van der Waals surface area contributed by atoms with Gasteiger partial charge in [0.1, 0.15) is 0 Å². The summed E-state index contributed by atoms with van der Waals surface area (Å²) in [5.41, 5.74) is 5.33. The molecule has 3 N–H and O–H groups in total. The molecule has 0 spiro atoms. The predicted octanol–water partition coefficient (Wildman–Crippen LogP) is 1.69. The number of nitrogens with one attached hydrogen (secondary N) is 1. The Morgan fingerprint density at radius 2 is 2.25 bits per heavy atom. The van der Waals surface area contributed by atoms with Crippen LogP contribution in [-0.4, -0.2) is 32.8 Å². The van der Waals surface area contributed by atoms with Gasteiger partial charge in [0.05, 0.1) is 0 Å². The zero-order valence-electron chi connectivity index (χ0n) is 12.1. The molecule has 0 radical (unpaired) electrons. The third-order valence-electron chi connectivity index (χ3n) is 3.51. The molecule has 0 bridgehead atoms. The van der Waals surface area contributed by atoms with Crippen LogP contribution in [0.4, 0.5) is 5.69 Å². The summed E-state index contributed by atoms with van der Waals surface area (Å²) in [7, 11) is 1.71. The number of aryl methyl sites for hydroxylation is 1. The van der Waals surface area contributed by atoms with Crippen molar-refractivity contribution < 1.29 is 4.74 Å². The summed E-state index contributed by atoms with van der Waals surface area (Å²) in [5.74, 6) is 6.42. The number of hydrogen-bond donors (Lipinski definition) is 2. The SMILES string of the molecule is COCCCN=C(NN)N1CCCCc2ccccc21. The first-order valence-electron chi connectivity index (χ1n) is 7.22. The van der Waals surface area contributed by atoms with Gasteiger partial charge in [0.25, 0.3) is 0 Å². The smallest absolute Gasteiger partial charge is 0.212 e. The third-order valence-corrected chi connectivity index (χ3v) is 3.51. The van der Waals surface area contributed by atoms with Crippen molar-refractivity contribution in [1.29, 1.82) is 0 Å². The number of guanidine groups is 1. The average Bonchev–Trinajstić information content (AvgIpc) is 2.70. The number of nitrogens with two attached hydrogens (primary N) is 1. The Balaban J connectivity index is 2.16. The van der Waals surface area contributed by atoms with Crippen LogP contribution >= 0.6 is 0 Å². The van der Waals surface area contributed by atoms with E-state index >= 15 is 0 Å². The van der Waals surface area contributed by atoms with E-state index in [0.717, 1.165) is 38.4 Å². The van der Waals surface area contributed by atoms with Crippen molar-refractivity contribution >= 4 is 11.6 Å². The van der Waals surface area contributed by atoms with Crippen LogP contribution in [0, 0.1) is 0 Å². The topological polar surface area (TPSA) is 62.9 Å². The van der Waals surface area contributed by atoms with Crippen molar-refractivity contribution in [3.63, 3.8) is 0 Å². The van der Waals surface area contributed by atoms with Crippen LogP contribution in [-0.2, 0) is 11.2 Å². The van der Waals surface area contributed by atoms with E-state index in [9.17, 15) is 0 Å². The van der Waals surface area contributed by atoms with Crippen molar-refractivity contribution in [2.24, 2.45) is 10.8 Å². The van der Waals surface area contributed by atoms with E-state index in [1.54, 1.807) is 7.11 Å². The Labute approximate surface area is 120 Å². The maximum atomic E-state index is 5.67. The normalized spacial score (nSPS) is 15.7. The molecule has 1 aromatic rings. The van der Waals surface area contributed by atoms with Gasteiger partial charge >= 0.3 is 0 Å². The second-order valence-corrected chi connectivity index (χ2v) is 4.93. The van der Waals surface area contributed by atoms with Gasteiger partial charge in [-0.05, 0) is 37.3 Å². The molecular weight excluding hydrogens is 252 g/mol. The summed E-state index contributed by atoms with van der Waals surface area (Å²) in [5, 5.41) is 0. The quantitative estimate of drug-likeness (QED) is 0.289. The molecule has 2 rings (SSSR count). The monoisotopic (exact) mass is 276 g/mol. The first-order valence-corrected chi connectivity index (χ1v) is 7.22. The highest BCUT2D eigenvalue weighted by Crippen LogP contribution is 2.25. The highest BCUT2D eigenvalue weighted by Gasteiger charge is 2.18. The molecule has 0 atom stereocenters. The molecule has 0 fully saturated rings. The minimum atomic E-state index is 0.714. The summed E-state index contributed by atoms with van der Waals surface area (Å²) >= 11 is 0. The van der Waals surface area contributed by atoms with Crippen LogP contribution < -0.4 is 16.2 Å². The molecule has 1 aromatic carbocycles. The van der Waals surface area contributed by atoms with E-state index in [0.29, 0.717) is 6.54 Å². The molecule has 0 saturated heterocycles. The van der Waals surface area contributed by atoms with Gasteiger partial charge in [-0.3, -0.25) is 10.4 Å². The summed E-state index contributed by atoms with van der Waals surface area (Å²) in [6, 6.07) is 8.49. The molecule has 5 heteroatoms. The van der Waals surface area contributed by atoms with Crippen molar-refractivity contribution in [3.05, 3.63) is 29.8 Å². The van der Waals surface area contributed by atoms with E-state index in [4.69, 9.17) is 10.6 Å². The number of rotatable bonds is 4. The summed E-state index contributed by atoms with van der Waals surface area (Å²) in [6.45, 7) is 2.38.